The molecule has 118 valence electrons. The van der Waals surface area contributed by atoms with E-state index in [1.807, 2.05) is 0 Å². The second kappa shape index (κ2) is 7.44. The summed E-state index contributed by atoms with van der Waals surface area (Å²) in [5.41, 5.74) is 5.92. The van der Waals surface area contributed by atoms with Crippen molar-refractivity contribution >= 4 is 32.9 Å². The fraction of sp³-hybridized carbons (Fsp3) is 0.222. The molecule has 1 unspecified atom stereocenters. The molecule has 0 radical (unpaired) electrons. The SMILES string of the molecule is CC1=Cc2c(c3cccc(Br)c3n2C)[CH]1[Zr+2][C]1=CC=CC1.[Cl-].[Cl-]. The molecule has 0 spiro atoms. The molecule has 0 aliphatic heterocycles. The Kier molecular flexibility index (Phi) is 6.22. The first-order chi connectivity index (χ1) is 10.2. The summed E-state index contributed by atoms with van der Waals surface area (Å²) in [5, 5.41) is 1.44. The van der Waals surface area contributed by atoms with Crippen LogP contribution in [0.3, 0.4) is 0 Å². The molecule has 23 heavy (non-hydrogen) atoms. The van der Waals surface area contributed by atoms with Gasteiger partial charge in [0.05, 0.1) is 0 Å². The van der Waals surface area contributed by atoms with Crippen molar-refractivity contribution in [2.45, 2.75) is 17.0 Å². The van der Waals surface area contributed by atoms with Gasteiger partial charge in [0.15, 0.2) is 0 Å². The normalized spacial score (nSPS) is 18.0. The van der Waals surface area contributed by atoms with E-state index in [0.717, 1.165) is 0 Å². The predicted molar refractivity (Wildman–Crippen MR) is 88.9 cm³/mol. The molecule has 1 heterocycles. The second-order valence-electron chi connectivity index (χ2n) is 5.78. The molecule has 5 heteroatoms. The van der Waals surface area contributed by atoms with Crippen molar-refractivity contribution in [3.05, 3.63) is 61.0 Å². The Balaban J connectivity index is 0.000000960. The molecular formula is C18H16BrCl2NZr. The number of halogens is 3. The zero-order chi connectivity index (χ0) is 14.6. The number of allylic oxidation sites excluding steroid dienone is 5. The van der Waals surface area contributed by atoms with E-state index in [1.54, 1.807) is 14.4 Å². The molecular weight excluding hydrogens is 472 g/mol. The maximum Gasteiger partial charge on any atom is -1.00 e. The Morgan fingerprint density at radius 3 is 2.74 bits per heavy atom. The van der Waals surface area contributed by atoms with Gasteiger partial charge in [-0.3, -0.25) is 0 Å². The number of benzene rings is 1. The summed E-state index contributed by atoms with van der Waals surface area (Å²) < 4.78 is 5.98. The molecule has 1 nitrogen and oxygen atoms in total. The molecule has 1 aromatic carbocycles. The fourth-order valence-electron chi connectivity index (χ4n) is 3.44. The van der Waals surface area contributed by atoms with Crippen molar-refractivity contribution in [1.29, 1.82) is 0 Å². The van der Waals surface area contributed by atoms with Crippen LogP contribution in [-0.4, -0.2) is 4.57 Å². The van der Waals surface area contributed by atoms with Gasteiger partial charge in [-0.25, -0.2) is 0 Å². The molecule has 0 saturated heterocycles. The van der Waals surface area contributed by atoms with Gasteiger partial charge < -0.3 is 24.8 Å². The van der Waals surface area contributed by atoms with E-state index >= 15 is 0 Å². The molecule has 2 aliphatic rings. The molecule has 0 amide bonds. The minimum absolute atomic E-state index is 0. The molecule has 4 rings (SSSR count). The van der Waals surface area contributed by atoms with Crippen molar-refractivity contribution < 1.29 is 48.0 Å². The Hall–Kier alpha value is -0.0769. The number of nitrogens with zero attached hydrogens (tertiary/aromatic N) is 1. The van der Waals surface area contributed by atoms with Crippen LogP contribution in [0.15, 0.2) is 49.8 Å². The number of fused-ring (bicyclic) bond motifs is 3. The second-order valence-corrected chi connectivity index (χ2v) is 10.3. The minimum atomic E-state index is -0.596. The van der Waals surface area contributed by atoms with Crippen LogP contribution in [0.5, 0.6) is 0 Å². The summed E-state index contributed by atoms with van der Waals surface area (Å²) in [6.07, 6.45) is 10.5. The van der Waals surface area contributed by atoms with Gasteiger partial charge in [-0.15, -0.1) is 0 Å². The van der Waals surface area contributed by atoms with Gasteiger partial charge in [0.25, 0.3) is 0 Å². The summed E-state index contributed by atoms with van der Waals surface area (Å²) in [6.45, 7) is 2.32. The molecule has 0 bridgehead atoms. The largest absolute Gasteiger partial charge is 1.00 e. The number of aryl methyl sites for hydroxylation is 1. The summed E-state index contributed by atoms with van der Waals surface area (Å²) in [5.74, 6) is 0. The van der Waals surface area contributed by atoms with Crippen molar-refractivity contribution in [2.24, 2.45) is 7.05 Å². The Labute approximate surface area is 169 Å². The zero-order valence-electron chi connectivity index (χ0n) is 12.9. The summed E-state index contributed by atoms with van der Waals surface area (Å²) >= 11 is 3.13. The van der Waals surface area contributed by atoms with Crippen LogP contribution in [0.25, 0.3) is 17.0 Å². The van der Waals surface area contributed by atoms with Gasteiger partial charge in [-0.2, -0.15) is 0 Å². The first-order valence-electron chi connectivity index (χ1n) is 7.24. The number of hydrogen-bond donors (Lipinski definition) is 0. The monoisotopic (exact) mass is 485 g/mol. The average Bonchev–Trinajstić information content (AvgIpc) is 3.13. The van der Waals surface area contributed by atoms with Gasteiger partial charge in [-0.1, -0.05) is 0 Å². The quantitative estimate of drug-likeness (QED) is 0.529. The smallest absolute Gasteiger partial charge is 1.00 e. The van der Waals surface area contributed by atoms with Gasteiger partial charge in [0.2, 0.25) is 0 Å². The maximum absolute atomic E-state index is 3.72. The average molecular weight is 488 g/mol. The summed E-state index contributed by atoms with van der Waals surface area (Å²) in [7, 11) is 2.19. The topological polar surface area (TPSA) is 4.93 Å². The fourth-order valence-corrected chi connectivity index (χ4v) is 7.90. The van der Waals surface area contributed by atoms with Gasteiger partial charge >= 0.3 is 146 Å². The van der Waals surface area contributed by atoms with Crippen LogP contribution in [-0.2, 0) is 30.3 Å². The molecule has 1 aromatic heterocycles. The third-order valence-corrected chi connectivity index (χ3v) is 9.46. The van der Waals surface area contributed by atoms with Crippen molar-refractivity contribution in [2.75, 3.05) is 0 Å². The number of aromatic nitrogens is 1. The first-order valence-corrected chi connectivity index (χ1v) is 10.7. The van der Waals surface area contributed by atoms with E-state index in [1.165, 1.54) is 27.5 Å². The molecule has 1 atom stereocenters. The third-order valence-electron chi connectivity index (χ3n) is 4.46. The summed E-state index contributed by atoms with van der Waals surface area (Å²) in [4.78, 5) is 0. The van der Waals surface area contributed by atoms with E-state index in [0.29, 0.717) is 3.63 Å². The van der Waals surface area contributed by atoms with E-state index < -0.39 is 23.2 Å². The van der Waals surface area contributed by atoms with E-state index in [2.05, 4.69) is 77.0 Å². The Bertz CT molecular complexity index is 848. The van der Waals surface area contributed by atoms with Gasteiger partial charge in [-0.05, 0) is 0 Å². The number of rotatable bonds is 2. The van der Waals surface area contributed by atoms with Gasteiger partial charge in [0, 0.05) is 0 Å². The predicted octanol–water partition coefficient (Wildman–Crippen LogP) is -0.667. The van der Waals surface area contributed by atoms with E-state index in [4.69, 9.17) is 0 Å². The van der Waals surface area contributed by atoms with Crippen LogP contribution in [0.4, 0.5) is 0 Å². The molecule has 0 saturated carbocycles. The van der Waals surface area contributed by atoms with E-state index in [9.17, 15) is 0 Å². The molecule has 2 aromatic rings. The standard InChI is InChI=1S/C13H11BrN.C5H5.2ClH.Zr/c1-8-6-10-9-4-3-5-11(14)13(9)15(2)12(10)7-8;1-2-4-5-3-1;;;/h3-7H,1-2H3;1-3H,4H2;2*1H;/q;;;;+2/p-2. The first kappa shape index (κ1) is 19.3. The maximum atomic E-state index is 3.72. The van der Waals surface area contributed by atoms with Crippen LogP contribution in [0.1, 0.15) is 28.2 Å². The van der Waals surface area contributed by atoms with Crippen molar-refractivity contribution in [3.8, 4) is 0 Å². The minimum Gasteiger partial charge on any atom is -1.00 e. The number of para-hydroxylation sites is 1. The number of hydrogen-bond acceptors (Lipinski definition) is 0. The van der Waals surface area contributed by atoms with Crippen LogP contribution >= 0.6 is 15.9 Å². The zero-order valence-corrected chi connectivity index (χ0v) is 18.5. The molecule has 0 fully saturated rings. The molecule has 0 N–H and O–H groups in total. The summed E-state index contributed by atoms with van der Waals surface area (Å²) in [6, 6.07) is 6.60. The van der Waals surface area contributed by atoms with Crippen molar-refractivity contribution in [1.82, 2.24) is 4.57 Å². The Morgan fingerprint density at radius 2 is 2.04 bits per heavy atom. The van der Waals surface area contributed by atoms with E-state index in [-0.39, 0.29) is 24.8 Å². The van der Waals surface area contributed by atoms with Crippen LogP contribution < -0.4 is 24.8 Å². The van der Waals surface area contributed by atoms with Crippen LogP contribution in [0, 0.1) is 0 Å². The van der Waals surface area contributed by atoms with Gasteiger partial charge in [0.1, 0.15) is 0 Å². The van der Waals surface area contributed by atoms with Crippen LogP contribution in [0.2, 0.25) is 0 Å². The third kappa shape index (κ3) is 3.11. The molecule has 2 aliphatic carbocycles. The Morgan fingerprint density at radius 1 is 1.26 bits per heavy atom. The van der Waals surface area contributed by atoms with Crippen molar-refractivity contribution in [3.63, 3.8) is 0 Å².